The fourth-order valence-corrected chi connectivity index (χ4v) is 6.27. The SMILES string of the molecule is COc1nc(N2CCNC(CC#N)C2)c2cnc(N3CCOc4cccc(F)c43)c(F)c2n1.FC1CC2CCCN2C1. The first-order chi connectivity index (χ1) is 20.5. The molecule has 0 radical (unpaired) electrons. The predicted octanol–water partition coefficient (Wildman–Crippen LogP) is 3.73. The molecule has 0 aliphatic carbocycles. The van der Waals surface area contributed by atoms with E-state index in [0.717, 1.165) is 13.0 Å². The molecule has 2 aromatic heterocycles. The average molecular weight is 583 g/mol. The highest BCUT2D eigenvalue weighted by Crippen LogP contribution is 2.40. The van der Waals surface area contributed by atoms with Gasteiger partial charge in [-0.1, -0.05) is 6.07 Å². The Balaban J connectivity index is 0.000000296. The van der Waals surface area contributed by atoms with E-state index in [1.165, 1.54) is 37.1 Å². The molecule has 3 fully saturated rings. The molecule has 4 aliphatic rings. The summed E-state index contributed by atoms with van der Waals surface area (Å²) in [5, 5.41) is 12.8. The number of benzene rings is 1. The van der Waals surface area contributed by atoms with Gasteiger partial charge in [0.15, 0.2) is 17.5 Å². The molecule has 7 rings (SSSR count). The summed E-state index contributed by atoms with van der Waals surface area (Å²) in [5.41, 5.74) is 0.166. The lowest BCUT2D eigenvalue weighted by molar-refractivity contribution is 0.292. The van der Waals surface area contributed by atoms with Gasteiger partial charge >= 0.3 is 6.01 Å². The van der Waals surface area contributed by atoms with Gasteiger partial charge in [0.25, 0.3) is 0 Å². The number of anilines is 3. The summed E-state index contributed by atoms with van der Waals surface area (Å²) in [6, 6.07) is 7.23. The van der Waals surface area contributed by atoms with E-state index >= 15 is 4.39 Å². The van der Waals surface area contributed by atoms with Gasteiger partial charge in [0, 0.05) is 44.5 Å². The molecular weight excluding hydrogens is 549 g/mol. The number of methoxy groups -OCH3 is 1. The van der Waals surface area contributed by atoms with Gasteiger partial charge in [0.1, 0.15) is 35.6 Å². The van der Waals surface area contributed by atoms with E-state index in [4.69, 9.17) is 14.7 Å². The Labute approximate surface area is 242 Å². The quantitative estimate of drug-likeness (QED) is 0.490. The fourth-order valence-electron chi connectivity index (χ4n) is 6.27. The minimum atomic E-state index is -0.700. The lowest BCUT2D eigenvalue weighted by Crippen LogP contribution is -2.51. The number of nitrogens with one attached hydrogen (secondary N) is 1. The van der Waals surface area contributed by atoms with Gasteiger partial charge < -0.3 is 24.6 Å². The highest BCUT2D eigenvalue weighted by molar-refractivity contribution is 5.92. The van der Waals surface area contributed by atoms with Gasteiger partial charge in [0.2, 0.25) is 0 Å². The van der Waals surface area contributed by atoms with E-state index in [-0.39, 0.29) is 42.2 Å². The lowest BCUT2D eigenvalue weighted by Gasteiger charge is -2.34. The van der Waals surface area contributed by atoms with Crippen molar-refractivity contribution in [2.24, 2.45) is 0 Å². The Morgan fingerprint density at radius 2 is 2.05 bits per heavy atom. The number of para-hydroxylation sites is 1. The van der Waals surface area contributed by atoms with Crippen molar-refractivity contribution >= 4 is 28.2 Å². The first-order valence-corrected chi connectivity index (χ1v) is 14.3. The van der Waals surface area contributed by atoms with Crippen LogP contribution in [0.3, 0.4) is 0 Å². The van der Waals surface area contributed by atoms with Gasteiger partial charge in [0.05, 0.1) is 31.5 Å². The number of ether oxygens (including phenoxy) is 2. The van der Waals surface area contributed by atoms with Crippen molar-refractivity contribution in [3.8, 4) is 17.8 Å². The Morgan fingerprint density at radius 3 is 2.86 bits per heavy atom. The van der Waals surface area contributed by atoms with Crippen molar-refractivity contribution in [1.82, 2.24) is 25.2 Å². The van der Waals surface area contributed by atoms with Crippen LogP contribution in [-0.4, -0.2) is 91.1 Å². The largest absolute Gasteiger partial charge is 0.489 e. The van der Waals surface area contributed by atoms with Crippen molar-refractivity contribution in [1.29, 1.82) is 5.26 Å². The maximum absolute atomic E-state index is 15.9. The molecule has 3 unspecified atom stereocenters. The third kappa shape index (κ3) is 5.48. The van der Waals surface area contributed by atoms with Crippen molar-refractivity contribution in [3.05, 3.63) is 36.0 Å². The van der Waals surface area contributed by atoms with Crippen LogP contribution in [0.25, 0.3) is 10.9 Å². The molecule has 0 saturated carbocycles. The van der Waals surface area contributed by atoms with E-state index in [9.17, 15) is 8.78 Å². The fraction of sp³-hybridized carbons (Fsp3) is 0.517. The Hall–Kier alpha value is -3.89. The third-order valence-corrected chi connectivity index (χ3v) is 8.21. The summed E-state index contributed by atoms with van der Waals surface area (Å²) in [4.78, 5) is 18.8. The molecule has 13 heteroatoms. The normalized spacial score (nSPS) is 23.5. The summed E-state index contributed by atoms with van der Waals surface area (Å²) in [6.45, 7) is 4.13. The smallest absolute Gasteiger partial charge is 0.318 e. The Morgan fingerprint density at radius 1 is 1.17 bits per heavy atom. The minimum Gasteiger partial charge on any atom is -0.489 e. The second-order valence-corrected chi connectivity index (χ2v) is 10.9. The number of alkyl halides is 1. The highest BCUT2D eigenvalue weighted by atomic mass is 19.1. The molecule has 3 aromatic rings. The molecule has 1 aromatic carbocycles. The van der Waals surface area contributed by atoms with Crippen LogP contribution < -0.4 is 24.6 Å². The van der Waals surface area contributed by atoms with Gasteiger partial charge in [-0.2, -0.15) is 15.2 Å². The number of nitrogens with zero attached hydrogens (tertiary/aromatic N) is 7. The number of piperazine rings is 1. The van der Waals surface area contributed by atoms with Gasteiger partial charge in [-0.05, 0) is 37.9 Å². The van der Waals surface area contributed by atoms with Crippen LogP contribution >= 0.6 is 0 Å². The molecule has 10 nitrogen and oxygen atoms in total. The third-order valence-electron chi connectivity index (χ3n) is 8.21. The predicted molar refractivity (Wildman–Crippen MR) is 151 cm³/mol. The maximum atomic E-state index is 15.9. The first-order valence-electron chi connectivity index (χ1n) is 14.3. The molecule has 0 bridgehead atoms. The van der Waals surface area contributed by atoms with Gasteiger partial charge in [-0.3, -0.25) is 4.90 Å². The summed E-state index contributed by atoms with van der Waals surface area (Å²) in [5.74, 6) is -0.472. The second kappa shape index (κ2) is 12.1. The molecule has 0 spiro atoms. The van der Waals surface area contributed by atoms with Crippen LogP contribution in [0.1, 0.15) is 25.7 Å². The number of aromatic nitrogens is 3. The standard InChI is InChI=1S/C22H21F2N7O2.C7H12FN/c1-32-22-28-18-14(20(29-22)30-8-7-26-13(12-30)5-6-25)11-27-21(17(18)24)31-9-10-33-16-4-2-3-15(23)19(16)31;8-6-4-7-2-1-3-9(7)5-6/h2-4,11,13,26H,5,7-10,12H2,1H3;6-7H,1-5H2. The topological polar surface area (TPSA) is 103 Å². The van der Waals surface area contributed by atoms with E-state index in [0.29, 0.717) is 55.6 Å². The number of pyridine rings is 1. The van der Waals surface area contributed by atoms with Crippen LogP contribution in [0.4, 0.5) is 30.5 Å². The van der Waals surface area contributed by atoms with Crippen LogP contribution in [0.15, 0.2) is 24.4 Å². The first kappa shape index (κ1) is 28.2. The summed E-state index contributed by atoms with van der Waals surface area (Å²) in [7, 11) is 1.41. The van der Waals surface area contributed by atoms with E-state index < -0.39 is 17.8 Å². The summed E-state index contributed by atoms with van der Waals surface area (Å²) in [6.07, 6.45) is 4.66. The molecule has 6 heterocycles. The molecule has 42 heavy (non-hydrogen) atoms. The average Bonchev–Trinajstić information content (AvgIpc) is 3.58. The van der Waals surface area contributed by atoms with Crippen molar-refractivity contribution in [3.63, 3.8) is 0 Å². The molecule has 3 atom stereocenters. The molecule has 3 saturated heterocycles. The summed E-state index contributed by atoms with van der Waals surface area (Å²) < 4.78 is 53.9. The zero-order valence-electron chi connectivity index (χ0n) is 23.4. The molecule has 222 valence electrons. The number of fused-ring (bicyclic) bond motifs is 3. The molecule has 4 aliphatic heterocycles. The van der Waals surface area contributed by atoms with Gasteiger partial charge in [-0.25, -0.2) is 18.2 Å². The van der Waals surface area contributed by atoms with E-state index in [1.54, 1.807) is 12.1 Å². The summed E-state index contributed by atoms with van der Waals surface area (Å²) >= 11 is 0. The number of hydrogen-bond acceptors (Lipinski definition) is 10. The number of rotatable bonds is 4. The zero-order chi connectivity index (χ0) is 29.2. The van der Waals surface area contributed by atoms with Crippen LogP contribution in [0, 0.1) is 23.0 Å². The number of nitriles is 1. The Bertz CT molecular complexity index is 1480. The van der Waals surface area contributed by atoms with E-state index in [1.807, 2.05) is 4.90 Å². The lowest BCUT2D eigenvalue weighted by atomic mass is 10.1. The molecule has 0 amide bonds. The van der Waals surface area contributed by atoms with Crippen molar-refractivity contribution < 1.29 is 22.6 Å². The monoisotopic (exact) mass is 582 g/mol. The van der Waals surface area contributed by atoms with Crippen molar-refractivity contribution in [2.75, 3.05) is 62.8 Å². The van der Waals surface area contributed by atoms with Crippen LogP contribution in [0.2, 0.25) is 0 Å². The highest BCUT2D eigenvalue weighted by Gasteiger charge is 2.35. The maximum Gasteiger partial charge on any atom is 0.318 e. The number of hydrogen-bond donors (Lipinski definition) is 1. The molecular formula is C29H33F3N8O2. The van der Waals surface area contributed by atoms with Crippen LogP contribution in [0.5, 0.6) is 11.8 Å². The van der Waals surface area contributed by atoms with Crippen LogP contribution in [-0.2, 0) is 0 Å². The van der Waals surface area contributed by atoms with E-state index in [2.05, 4.69) is 31.2 Å². The second-order valence-electron chi connectivity index (χ2n) is 10.9. The zero-order valence-corrected chi connectivity index (χ0v) is 23.4. The number of halogens is 3. The minimum absolute atomic E-state index is 0.0116. The van der Waals surface area contributed by atoms with Crippen molar-refractivity contribution in [2.45, 2.75) is 43.9 Å². The molecule has 1 N–H and O–H groups in total. The van der Waals surface area contributed by atoms with Gasteiger partial charge in [-0.15, -0.1) is 0 Å². The Kier molecular flexibility index (Phi) is 8.17.